The van der Waals surface area contributed by atoms with Crippen LogP contribution >= 0.6 is 23.5 Å². The van der Waals surface area contributed by atoms with E-state index >= 15 is 0 Å². The van der Waals surface area contributed by atoms with Gasteiger partial charge in [-0.15, -0.1) is 0 Å². The van der Waals surface area contributed by atoms with Gasteiger partial charge in [0.25, 0.3) is 0 Å². The van der Waals surface area contributed by atoms with Gasteiger partial charge in [0, 0.05) is 0 Å². The first-order chi connectivity index (χ1) is 3.39. The summed E-state index contributed by atoms with van der Waals surface area (Å²) in [5.74, 6) is 1.57. The molecule has 4 heteroatoms. The van der Waals surface area contributed by atoms with Gasteiger partial charge < -0.3 is 0 Å². The highest BCUT2D eigenvalue weighted by atomic mass is 32.2. The smallest absolute Gasteiger partial charge is 0.248 e. The Hall–Kier alpha value is 0.330. The number of rotatable bonds is 0. The first kappa shape index (κ1) is 5.47. The van der Waals surface area contributed by atoms with E-state index in [9.17, 15) is 4.79 Å². The number of carbonyl (C=O) groups is 1. The Morgan fingerprint density at radius 3 is 2.29 bits per heavy atom. The Balaban J connectivity index is 2.25. The minimum absolute atomic E-state index is 0.235. The van der Waals surface area contributed by atoms with E-state index in [1.165, 1.54) is 23.5 Å². The summed E-state index contributed by atoms with van der Waals surface area (Å²) < 4.78 is 0.235. The molecule has 40 valence electrons. The van der Waals surface area contributed by atoms with Gasteiger partial charge in [-0.2, -0.15) is 0 Å². The van der Waals surface area contributed by atoms with Crippen molar-refractivity contribution >= 4 is 28.0 Å². The number of thioether (sulfide) groups is 2. The van der Waals surface area contributed by atoms with Crippen molar-refractivity contribution in [2.24, 2.45) is 0 Å². The predicted molar refractivity (Wildman–Crippen MR) is 33.4 cm³/mol. The van der Waals surface area contributed by atoms with Crippen molar-refractivity contribution in [2.75, 3.05) is 11.8 Å². The molecule has 1 heterocycles. The molecule has 0 atom stereocenters. The molecule has 7 heavy (non-hydrogen) atoms. The van der Waals surface area contributed by atoms with Gasteiger partial charge in [-0.25, -0.2) is 0 Å². The lowest BCUT2D eigenvalue weighted by molar-refractivity contribution is 0.276. The van der Waals surface area contributed by atoms with Gasteiger partial charge in [-0.3, -0.25) is 10.1 Å². The molecule has 0 bridgehead atoms. The fraction of sp³-hybridized carbons (Fsp3) is 0.667. The molecule has 1 fully saturated rings. The summed E-state index contributed by atoms with van der Waals surface area (Å²) in [5, 5.41) is 3.02. The van der Waals surface area contributed by atoms with Crippen molar-refractivity contribution < 1.29 is 4.79 Å². The monoisotopic (exact) mass is 135 g/mol. The standard InChI is InChI=1S/C3H5NOS2/c5-3-6-1-4-2-7-3/h4H,1-2H2. The average molecular weight is 135 g/mol. The van der Waals surface area contributed by atoms with E-state index in [0.29, 0.717) is 0 Å². The van der Waals surface area contributed by atoms with Gasteiger partial charge in [0.15, 0.2) is 0 Å². The summed E-state index contributed by atoms with van der Waals surface area (Å²) in [4.78, 5) is 10.3. The lowest BCUT2D eigenvalue weighted by Gasteiger charge is -2.06. The maximum atomic E-state index is 10.3. The Bertz CT molecular complexity index is 77.0. The molecule has 0 saturated carbocycles. The van der Waals surface area contributed by atoms with Crippen molar-refractivity contribution in [3.8, 4) is 0 Å². The Morgan fingerprint density at radius 1 is 1.43 bits per heavy atom. The maximum Gasteiger partial charge on any atom is 0.248 e. The Labute approximate surface area is 50.4 Å². The lowest BCUT2D eigenvalue weighted by atomic mass is 11.2. The number of hydrogen-bond donors (Lipinski definition) is 1. The molecule has 1 aliphatic rings. The molecular formula is C3H5NOS2. The van der Waals surface area contributed by atoms with E-state index in [4.69, 9.17) is 0 Å². The summed E-state index contributed by atoms with van der Waals surface area (Å²) >= 11 is 2.66. The van der Waals surface area contributed by atoms with E-state index in [-0.39, 0.29) is 4.45 Å². The molecule has 0 aromatic carbocycles. The van der Waals surface area contributed by atoms with Crippen LogP contribution in [0.4, 0.5) is 4.79 Å². The summed E-state index contributed by atoms with van der Waals surface area (Å²) in [6.45, 7) is 0. The topological polar surface area (TPSA) is 29.1 Å². The van der Waals surface area contributed by atoms with Crippen molar-refractivity contribution in [2.45, 2.75) is 0 Å². The number of nitrogens with one attached hydrogen (secondary N) is 1. The molecule has 1 saturated heterocycles. The molecule has 1 rings (SSSR count). The van der Waals surface area contributed by atoms with Gasteiger partial charge in [-0.05, 0) is 0 Å². The molecule has 0 radical (unpaired) electrons. The first-order valence-electron chi connectivity index (χ1n) is 1.90. The third-order valence-corrected chi connectivity index (χ3v) is 2.46. The molecule has 0 aliphatic carbocycles. The maximum absolute atomic E-state index is 10.3. The second-order valence-electron chi connectivity index (χ2n) is 1.08. The van der Waals surface area contributed by atoms with Crippen LogP contribution in [-0.4, -0.2) is 16.2 Å². The number of carbonyl (C=O) groups excluding carboxylic acids is 1. The van der Waals surface area contributed by atoms with Crippen LogP contribution < -0.4 is 5.32 Å². The zero-order valence-electron chi connectivity index (χ0n) is 3.64. The predicted octanol–water partition coefficient (Wildman–Crippen LogP) is 1.09. The third kappa shape index (κ3) is 1.71. The van der Waals surface area contributed by atoms with Crippen LogP contribution in [0.25, 0.3) is 0 Å². The summed E-state index contributed by atoms with van der Waals surface area (Å²) in [6, 6.07) is 0. The Morgan fingerprint density at radius 2 is 2.00 bits per heavy atom. The van der Waals surface area contributed by atoms with E-state index in [1.54, 1.807) is 0 Å². The van der Waals surface area contributed by atoms with Gasteiger partial charge in [0.05, 0.1) is 11.8 Å². The number of hydrogen-bond acceptors (Lipinski definition) is 4. The minimum atomic E-state index is 0.235. The fourth-order valence-corrected chi connectivity index (χ4v) is 1.76. The van der Waals surface area contributed by atoms with Crippen LogP contribution in [0.5, 0.6) is 0 Å². The summed E-state index contributed by atoms with van der Waals surface area (Å²) in [7, 11) is 0. The normalized spacial score (nSPS) is 22.6. The lowest BCUT2D eigenvalue weighted by Crippen LogP contribution is -2.17. The zero-order chi connectivity index (χ0) is 5.11. The van der Waals surface area contributed by atoms with Crippen LogP contribution in [0.15, 0.2) is 0 Å². The molecule has 0 aromatic heterocycles. The minimum Gasteiger partial charge on any atom is -0.298 e. The van der Waals surface area contributed by atoms with Crippen LogP contribution in [0, 0.1) is 0 Å². The van der Waals surface area contributed by atoms with Crippen LogP contribution in [0.2, 0.25) is 0 Å². The highest BCUT2D eigenvalue weighted by Gasteiger charge is 2.06. The molecule has 0 amide bonds. The first-order valence-corrected chi connectivity index (χ1v) is 3.87. The zero-order valence-corrected chi connectivity index (χ0v) is 5.27. The molecule has 0 aromatic rings. The van der Waals surface area contributed by atoms with Crippen molar-refractivity contribution in [3.63, 3.8) is 0 Å². The second-order valence-corrected chi connectivity index (χ2v) is 3.23. The highest BCUT2D eigenvalue weighted by molar-refractivity contribution is 8.38. The van der Waals surface area contributed by atoms with E-state index < -0.39 is 0 Å². The molecule has 1 N–H and O–H groups in total. The quantitative estimate of drug-likeness (QED) is 0.538. The summed E-state index contributed by atoms with van der Waals surface area (Å²) in [6.07, 6.45) is 0. The fourth-order valence-electron chi connectivity index (χ4n) is 0.303. The molecule has 0 unspecified atom stereocenters. The van der Waals surface area contributed by atoms with Crippen molar-refractivity contribution in [1.29, 1.82) is 0 Å². The SMILES string of the molecule is O=C1SCNCS1. The van der Waals surface area contributed by atoms with Gasteiger partial charge >= 0.3 is 0 Å². The molecule has 1 aliphatic heterocycles. The molecular weight excluding hydrogens is 130 g/mol. The second kappa shape index (κ2) is 2.59. The van der Waals surface area contributed by atoms with Gasteiger partial charge in [-0.1, -0.05) is 23.5 Å². The summed E-state index contributed by atoms with van der Waals surface area (Å²) in [5.41, 5.74) is 0. The van der Waals surface area contributed by atoms with Crippen LogP contribution in [0.3, 0.4) is 0 Å². The van der Waals surface area contributed by atoms with Gasteiger partial charge in [0.1, 0.15) is 0 Å². The highest BCUT2D eigenvalue weighted by Crippen LogP contribution is 2.17. The Kier molecular flexibility index (Phi) is 2.02. The van der Waals surface area contributed by atoms with E-state index in [1.807, 2.05) is 0 Å². The van der Waals surface area contributed by atoms with Crippen molar-refractivity contribution in [1.82, 2.24) is 5.32 Å². The van der Waals surface area contributed by atoms with Crippen molar-refractivity contribution in [3.05, 3.63) is 0 Å². The average Bonchev–Trinajstić information content (AvgIpc) is 1.69. The van der Waals surface area contributed by atoms with Crippen LogP contribution in [-0.2, 0) is 0 Å². The van der Waals surface area contributed by atoms with Crippen LogP contribution in [0.1, 0.15) is 0 Å². The largest absolute Gasteiger partial charge is 0.298 e. The van der Waals surface area contributed by atoms with Gasteiger partial charge in [0.2, 0.25) is 4.45 Å². The van der Waals surface area contributed by atoms with E-state index in [2.05, 4.69) is 5.32 Å². The third-order valence-electron chi connectivity index (χ3n) is 0.584. The molecule has 2 nitrogen and oxygen atoms in total. The van der Waals surface area contributed by atoms with E-state index in [0.717, 1.165) is 11.8 Å². The molecule has 0 spiro atoms.